The van der Waals surface area contributed by atoms with Crippen molar-refractivity contribution in [2.24, 2.45) is 0 Å². The summed E-state index contributed by atoms with van der Waals surface area (Å²) in [5.41, 5.74) is -1.02. The molecule has 21 heavy (non-hydrogen) atoms. The Balaban J connectivity index is 2.22. The van der Waals surface area contributed by atoms with Gasteiger partial charge in [-0.05, 0) is 25.0 Å². The molecule has 0 saturated heterocycles. The van der Waals surface area contributed by atoms with E-state index in [1.165, 1.54) is 25.3 Å². The number of hydrogen-bond acceptors (Lipinski definition) is 5. The van der Waals surface area contributed by atoms with Crippen LogP contribution in [-0.4, -0.2) is 38.7 Å². The van der Waals surface area contributed by atoms with E-state index in [0.717, 1.165) is 12.8 Å². The molecule has 116 valence electrons. The van der Waals surface area contributed by atoms with E-state index in [1.54, 1.807) is 6.07 Å². The zero-order valence-electron chi connectivity index (χ0n) is 11.8. The minimum Gasteiger partial charge on any atom is -0.465 e. The summed E-state index contributed by atoms with van der Waals surface area (Å²) in [6.45, 7) is -0.0508. The average molecular weight is 313 g/mol. The van der Waals surface area contributed by atoms with E-state index in [2.05, 4.69) is 9.46 Å². The Morgan fingerprint density at radius 2 is 1.95 bits per heavy atom. The van der Waals surface area contributed by atoms with Crippen molar-refractivity contribution in [1.29, 1.82) is 0 Å². The monoisotopic (exact) mass is 313 g/mol. The van der Waals surface area contributed by atoms with E-state index in [1.807, 2.05) is 0 Å². The summed E-state index contributed by atoms with van der Waals surface area (Å²) in [7, 11) is -2.69. The highest BCUT2D eigenvalue weighted by molar-refractivity contribution is 7.89. The van der Waals surface area contributed by atoms with Crippen molar-refractivity contribution in [1.82, 2.24) is 4.72 Å². The van der Waals surface area contributed by atoms with Gasteiger partial charge in [-0.1, -0.05) is 25.0 Å². The number of ether oxygens (including phenoxy) is 1. The van der Waals surface area contributed by atoms with Crippen molar-refractivity contribution < 1.29 is 23.1 Å². The molecule has 0 heterocycles. The zero-order chi connectivity index (χ0) is 15.5. The van der Waals surface area contributed by atoms with Gasteiger partial charge < -0.3 is 9.84 Å². The molecule has 2 rings (SSSR count). The summed E-state index contributed by atoms with van der Waals surface area (Å²) >= 11 is 0. The Hall–Kier alpha value is -1.44. The van der Waals surface area contributed by atoms with Gasteiger partial charge in [0.05, 0.1) is 23.2 Å². The molecule has 1 saturated carbocycles. The highest BCUT2D eigenvalue weighted by Gasteiger charge is 2.33. The Morgan fingerprint density at radius 3 is 2.57 bits per heavy atom. The molecule has 1 aromatic rings. The average Bonchev–Trinajstić information content (AvgIpc) is 2.92. The molecule has 0 unspecified atom stereocenters. The standard InChI is InChI=1S/C14H19NO5S/c1-20-13(16)11-6-2-3-7-12(11)21(18,19)15-10-14(17)8-4-5-9-14/h2-3,6-7,15,17H,4-5,8-10H2,1H3. The molecule has 0 spiro atoms. The maximum absolute atomic E-state index is 12.3. The number of rotatable bonds is 5. The second-order valence-corrected chi connectivity index (χ2v) is 6.98. The molecule has 0 radical (unpaired) electrons. The van der Waals surface area contributed by atoms with Crippen molar-refractivity contribution in [3.63, 3.8) is 0 Å². The van der Waals surface area contributed by atoms with Gasteiger partial charge in [0.2, 0.25) is 10.0 Å². The largest absolute Gasteiger partial charge is 0.465 e. The summed E-state index contributed by atoms with van der Waals surface area (Å²) < 4.78 is 31.7. The molecule has 7 heteroatoms. The summed E-state index contributed by atoms with van der Waals surface area (Å²) in [5.74, 6) is -0.712. The van der Waals surface area contributed by atoms with Crippen molar-refractivity contribution in [3.05, 3.63) is 29.8 Å². The number of carbonyl (C=O) groups excluding carboxylic acids is 1. The van der Waals surface area contributed by atoms with Gasteiger partial charge in [0.25, 0.3) is 0 Å². The van der Waals surface area contributed by atoms with Crippen LogP contribution in [-0.2, 0) is 14.8 Å². The van der Waals surface area contributed by atoms with E-state index in [0.29, 0.717) is 12.8 Å². The molecule has 0 bridgehead atoms. The third kappa shape index (κ3) is 3.61. The number of aliphatic hydroxyl groups is 1. The quantitative estimate of drug-likeness (QED) is 0.793. The highest BCUT2D eigenvalue weighted by Crippen LogP contribution is 2.29. The Morgan fingerprint density at radius 1 is 1.33 bits per heavy atom. The first kappa shape index (κ1) is 15.9. The molecule has 1 aliphatic rings. The van der Waals surface area contributed by atoms with Gasteiger partial charge >= 0.3 is 5.97 Å². The van der Waals surface area contributed by atoms with Crippen LogP contribution in [0.15, 0.2) is 29.2 Å². The normalized spacial score (nSPS) is 17.6. The fraction of sp³-hybridized carbons (Fsp3) is 0.500. The lowest BCUT2D eigenvalue weighted by Gasteiger charge is -2.22. The first-order chi connectivity index (χ1) is 9.88. The van der Waals surface area contributed by atoms with Crippen LogP contribution in [0.2, 0.25) is 0 Å². The maximum atomic E-state index is 12.3. The first-order valence-electron chi connectivity index (χ1n) is 6.77. The van der Waals surface area contributed by atoms with Gasteiger partial charge in [-0.25, -0.2) is 17.9 Å². The molecular formula is C14H19NO5S. The summed E-state index contributed by atoms with van der Waals surface area (Å²) in [6, 6.07) is 5.83. The van der Waals surface area contributed by atoms with E-state index < -0.39 is 21.6 Å². The van der Waals surface area contributed by atoms with Gasteiger partial charge in [0.1, 0.15) is 0 Å². The van der Waals surface area contributed by atoms with Crippen LogP contribution >= 0.6 is 0 Å². The Bertz CT molecular complexity index is 620. The SMILES string of the molecule is COC(=O)c1ccccc1S(=O)(=O)NCC1(O)CCCC1. The summed E-state index contributed by atoms with van der Waals surface area (Å²) in [4.78, 5) is 11.5. The van der Waals surface area contributed by atoms with Crippen molar-refractivity contribution in [3.8, 4) is 0 Å². The molecule has 6 nitrogen and oxygen atoms in total. The predicted octanol–water partition coefficient (Wildman–Crippen LogP) is 1.06. The van der Waals surface area contributed by atoms with Crippen molar-refractivity contribution >= 4 is 16.0 Å². The van der Waals surface area contributed by atoms with E-state index in [-0.39, 0.29) is 17.0 Å². The minimum absolute atomic E-state index is 0.0223. The van der Waals surface area contributed by atoms with Crippen LogP contribution in [0, 0.1) is 0 Å². The van der Waals surface area contributed by atoms with Gasteiger partial charge in [0, 0.05) is 6.54 Å². The van der Waals surface area contributed by atoms with Gasteiger partial charge in [-0.3, -0.25) is 0 Å². The van der Waals surface area contributed by atoms with Crippen LogP contribution < -0.4 is 4.72 Å². The van der Waals surface area contributed by atoms with Crippen LogP contribution in [0.5, 0.6) is 0 Å². The van der Waals surface area contributed by atoms with Crippen LogP contribution in [0.4, 0.5) is 0 Å². The van der Waals surface area contributed by atoms with Gasteiger partial charge in [-0.15, -0.1) is 0 Å². The second-order valence-electron chi connectivity index (χ2n) is 5.24. The van der Waals surface area contributed by atoms with E-state index in [9.17, 15) is 18.3 Å². The third-order valence-corrected chi connectivity index (χ3v) is 5.17. The van der Waals surface area contributed by atoms with Gasteiger partial charge in [0.15, 0.2) is 0 Å². The molecule has 0 aromatic heterocycles. The maximum Gasteiger partial charge on any atom is 0.339 e. The number of nitrogens with one attached hydrogen (secondary N) is 1. The smallest absolute Gasteiger partial charge is 0.339 e. The molecule has 1 aromatic carbocycles. The van der Waals surface area contributed by atoms with Crippen molar-refractivity contribution in [2.45, 2.75) is 36.2 Å². The lowest BCUT2D eigenvalue weighted by molar-refractivity contribution is 0.0532. The lowest BCUT2D eigenvalue weighted by atomic mass is 10.0. The third-order valence-electron chi connectivity index (χ3n) is 3.71. The van der Waals surface area contributed by atoms with E-state index in [4.69, 9.17) is 0 Å². The number of hydrogen-bond donors (Lipinski definition) is 2. The first-order valence-corrected chi connectivity index (χ1v) is 8.26. The topological polar surface area (TPSA) is 92.7 Å². The molecule has 1 fully saturated rings. The fourth-order valence-corrected chi connectivity index (χ4v) is 3.81. The van der Waals surface area contributed by atoms with Gasteiger partial charge in [-0.2, -0.15) is 0 Å². The van der Waals surface area contributed by atoms with Crippen LogP contribution in [0.25, 0.3) is 0 Å². The Labute approximate surface area is 124 Å². The molecule has 1 aliphatic carbocycles. The highest BCUT2D eigenvalue weighted by atomic mass is 32.2. The van der Waals surface area contributed by atoms with Crippen LogP contribution in [0.1, 0.15) is 36.0 Å². The number of esters is 1. The molecule has 0 aliphatic heterocycles. The van der Waals surface area contributed by atoms with Crippen LogP contribution in [0.3, 0.4) is 0 Å². The number of benzene rings is 1. The zero-order valence-corrected chi connectivity index (χ0v) is 12.6. The number of carbonyl (C=O) groups is 1. The number of sulfonamides is 1. The number of methoxy groups -OCH3 is 1. The van der Waals surface area contributed by atoms with Crippen molar-refractivity contribution in [2.75, 3.05) is 13.7 Å². The molecule has 0 atom stereocenters. The fourth-order valence-electron chi connectivity index (χ4n) is 2.50. The summed E-state index contributed by atoms with van der Waals surface area (Å²) in [6.07, 6.45) is 2.93. The second kappa shape index (κ2) is 6.13. The minimum atomic E-state index is -3.88. The lowest BCUT2D eigenvalue weighted by Crippen LogP contribution is -2.41. The predicted molar refractivity (Wildman–Crippen MR) is 76.4 cm³/mol. The Kier molecular flexibility index (Phi) is 4.65. The van der Waals surface area contributed by atoms with E-state index >= 15 is 0 Å². The molecule has 2 N–H and O–H groups in total. The molecular weight excluding hydrogens is 294 g/mol. The molecule has 0 amide bonds. The summed E-state index contributed by atoms with van der Waals surface area (Å²) in [5, 5.41) is 10.2.